The molecule has 0 aliphatic carbocycles. The molecule has 26 heavy (non-hydrogen) atoms. The van der Waals surface area contributed by atoms with E-state index in [2.05, 4.69) is 32.3 Å². The highest BCUT2D eigenvalue weighted by Crippen LogP contribution is 2.31. The largest absolute Gasteiger partial charge is 0.341 e. The first-order chi connectivity index (χ1) is 12.7. The van der Waals surface area contributed by atoms with E-state index in [4.69, 9.17) is 4.98 Å². The number of likely N-dealkylation sites (tertiary alicyclic amines) is 1. The number of anilines is 1. The zero-order valence-corrected chi connectivity index (χ0v) is 15.6. The van der Waals surface area contributed by atoms with E-state index in [0.717, 1.165) is 54.1 Å². The molecule has 1 fully saturated rings. The Morgan fingerprint density at radius 2 is 2.27 bits per heavy atom. The number of aromatic amines is 1. The maximum Gasteiger partial charge on any atom is 0.240 e. The minimum absolute atomic E-state index is 0.0489. The minimum Gasteiger partial charge on any atom is -0.341 e. The average molecular weight is 370 g/mol. The number of para-hydroxylation sites is 2. The van der Waals surface area contributed by atoms with Crippen molar-refractivity contribution in [2.45, 2.75) is 38.6 Å². The zero-order valence-electron chi connectivity index (χ0n) is 14.7. The van der Waals surface area contributed by atoms with Gasteiger partial charge in [-0.2, -0.15) is 0 Å². The van der Waals surface area contributed by atoms with Crippen LogP contribution in [0.4, 0.5) is 5.13 Å². The summed E-state index contributed by atoms with van der Waals surface area (Å²) < 4.78 is 0. The second-order valence-corrected chi connectivity index (χ2v) is 7.63. The lowest BCUT2D eigenvalue weighted by molar-refractivity contribution is -0.117. The summed E-state index contributed by atoms with van der Waals surface area (Å²) in [5, 5.41) is 12.6. The van der Waals surface area contributed by atoms with Crippen LogP contribution in [0.3, 0.4) is 0 Å². The molecule has 1 atom stereocenters. The molecule has 0 unspecified atom stereocenters. The smallest absolute Gasteiger partial charge is 0.240 e. The predicted octanol–water partition coefficient (Wildman–Crippen LogP) is 3.14. The number of aromatic nitrogens is 4. The number of carbonyl (C=O) groups excluding carboxylic acids is 1. The van der Waals surface area contributed by atoms with Crippen molar-refractivity contribution in [1.29, 1.82) is 0 Å². The Kier molecular flexibility index (Phi) is 4.94. The van der Waals surface area contributed by atoms with Gasteiger partial charge in [0.1, 0.15) is 10.8 Å². The van der Waals surface area contributed by atoms with E-state index in [1.807, 2.05) is 24.3 Å². The maximum atomic E-state index is 12.4. The van der Waals surface area contributed by atoms with Crippen molar-refractivity contribution >= 4 is 33.4 Å². The van der Waals surface area contributed by atoms with Crippen molar-refractivity contribution in [2.75, 3.05) is 18.4 Å². The molecule has 0 bridgehead atoms. The number of hydrogen-bond donors (Lipinski definition) is 2. The van der Waals surface area contributed by atoms with E-state index in [1.54, 1.807) is 0 Å². The van der Waals surface area contributed by atoms with Gasteiger partial charge in [-0.05, 0) is 37.9 Å². The van der Waals surface area contributed by atoms with E-state index in [-0.39, 0.29) is 11.9 Å². The normalized spacial score (nSPS) is 17.8. The number of nitrogens with zero attached hydrogens (tertiary/aromatic N) is 4. The van der Waals surface area contributed by atoms with E-state index in [9.17, 15) is 4.79 Å². The van der Waals surface area contributed by atoms with Gasteiger partial charge in [0.25, 0.3) is 0 Å². The Labute approximate surface area is 155 Å². The molecule has 0 radical (unpaired) electrons. The van der Waals surface area contributed by atoms with Crippen molar-refractivity contribution in [2.24, 2.45) is 0 Å². The fraction of sp³-hybridized carbons (Fsp3) is 0.444. The highest BCUT2D eigenvalue weighted by Gasteiger charge is 2.30. The molecule has 1 aliphatic heterocycles. The molecule has 1 aromatic carbocycles. The standard InChI is InChI=1S/C18H22N6OS/c1-2-6-16-22-23-18(26-16)21-15(25)11-24-10-5-9-14(24)17-19-12-7-3-4-8-13(12)20-17/h3-4,7-8,14H,2,5-6,9-11H2,1H3,(H,19,20)(H,21,23,25)/t14-/m1/s1. The molecule has 8 heteroatoms. The number of nitrogens with one attached hydrogen (secondary N) is 2. The molecule has 0 spiro atoms. The molecular weight excluding hydrogens is 348 g/mol. The highest BCUT2D eigenvalue weighted by molar-refractivity contribution is 7.15. The van der Waals surface area contributed by atoms with Crippen LogP contribution in [-0.4, -0.2) is 44.1 Å². The SMILES string of the molecule is CCCc1nnc(NC(=O)CN2CCC[C@@H]2c2nc3ccccc3[nH]2)s1. The third-order valence-electron chi connectivity index (χ3n) is 4.61. The monoisotopic (exact) mass is 370 g/mol. The van der Waals surface area contributed by atoms with Crippen LogP contribution < -0.4 is 5.32 Å². The summed E-state index contributed by atoms with van der Waals surface area (Å²) in [6.07, 6.45) is 3.99. The first-order valence-electron chi connectivity index (χ1n) is 9.04. The molecule has 1 saturated heterocycles. The number of fused-ring (bicyclic) bond motifs is 1. The molecule has 1 amide bonds. The van der Waals surface area contributed by atoms with Gasteiger partial charge in [-0.3, -0.25) is 15.0 Å². The van der Waals surface area contributed by atoms with Gasteiger partial charge in [-0.15, -0.1) is 10.2 Å². The van der Waals surface area contributed by atoms with Gasteiger partial charge in [0.2, 0.25) is 11.0 Å². The number of H-pyrrole nitrogens is 1. The lowest BCUT2D eigenvalue weighted by Gasteiger charge is -2.21. The molecule has 1 aliphatic rings. The molecule has 2 N–H and O–H groups in total. The van der Waals surface area contributed by atoms with Crippen LogP contribution in [0.2, 0.25) is 0 Å². The van der Waals surface area contributed by atoms with Crippen molar-refractivity contribution < 1.29 is 4.79 Å². The third kappa shape index (κ3) is 3.61. The van der Waals surface area contributed by atoms with Gasteiger partial charge < -0.3 is 4.98 Å². The molecule has 136 valence electrons. The molecule has 7 nitrogen and oxygen atoms in total. The Balaban J connectivity index is 1.42. The number of hydrogen-bond acceptors (Lipinski definition) is 6. The molecule has 0 saturated carbocycles. The predicted molar refractivity (Wildman–Crippen MR) is 102 cm³/mol. The second-order valence-electron chi connectivity index (χ2n) is 6.57. The van der Waals surface area contributed by atoms with Crippen LogP contribution in [0.15, 0.2) is 24.3 Å². The number of rotatable bonds is 6. The van der Waals surface area contributed by atoms with Gasteiger partial charge >= 0.3 is 0 Å². The Morgan fingerprint density at radius 1 is 1.38 bits per heavy atom. The average Bonchev–Trinajstić information content (AvgIpc) is 3.34. The highest BCUT2D eigenvalue weighted by atomic mass is 32.1. The van der Waals surface area contributed by atoms with E-state index >= 15 is 0 Å². The molecule has 2 aromatic heterocycles. The van der Waals surface area contributed by atoms with Crippen molar-refractivity contribution in [3.8, 4) is 0 Å². The lowest BCUT2D eigenvalue weighted by atomic mass is 10.2. The third-order valence-corrected chi connectivity index (χ3v) is 5.51. The summed E-state index contributed by atoms with van der Waals surface area (Å²) in [5.41, 5.74) is 2.01. The van der Waals surface area contributed by atoms with E-state index < -0.39 is 0 Å². The van der Waals surface area contributed by atoms with Crippen molar-refractivity contribution in [1.82, 2.24) is 25.1 Å². The molecular formula is C18H22N6OS. The number of amides is 1. The summed E-state index contributed by atoms with van der Waals surface area (Å²) in [6, 6.07) is 8.17. The van der Waals surface area contributed by atoms with Gasteiger partial charge in [-0.1, -0.05) is 30.4 Å². The van der Waals surface area contributed by atoms with Crippen molar-refractivity contribution in [3.63, 3.8) is 0 Å². The second kappa shape index (κ2) is 7.51. The number of aryl methyl sites for hydroxylation is 1. The van der Waals surface area contributed by atoms with Crippen LogP contribution in [0.1, 0.15) is 43.1 Å². The summed E-state index contributed by atoms with van der Waals surface area (Å²) in [6.45, 7) is 3.34. The summed E-state index contributed by atoms with van der Waals surface area (Å²) in [7, 11) is 0. The van der Waals surface area contributed by atoms with Crippen LogP contribution >= 0.6 is 11.3 Å². The molecule has 3 heterocycles. The fourth-order valence-corrected chi connectivity index (χ4v) is 4.28. The fourth-order valence-electron chi connectivity index (χ4n) is 3.42. The van der Waals surface area contributed by atoms with Gasteiger partial charge in [-0.25, -0.2) is 4.98 Å². The van der Waals surface area contributed by atoms with Crippen LogP contribution in [-0.2, 0) is 11.2 Å². The van der Waals surface area contributed by atoms with Crippen LogP contribution in [0, 0.1) is 0 Å². The number of benzene rings is 1. The van der Waals surface area contributed by atoms with Crippen LogP contribution in [0.25, 0.3) is 11.0 Å². The van der Waals surface area contributed by atoms with E-state index in [1.165, 1.54) is 11.3 Å². The van der Waals surface area contributed by atoms with Crippen LogP contribution in [0.5, 0.6) is 0 Å². The van der Waals surface area contributed by atoms with E-state index in [0.29, 0.717) is 11.7 Å². The quantitative estimate of drug-likeness (QED) is 0.696. The van der Waals surface area contributed by atoms with Gasteiger partial charge in [0.15, 0.2) is 0 Å². The first-order valence-corrected chi connectivity index (χ1v) is 9.85. The van der Waals surface area contributed by atoms with Crippen molar-refractivity contribution in [3.05, 3.63) is 35.1 Å². The zero-order chi connectivity index (χ0) is 17.9. The Hall–Kier alpha value is -2.32. The Morgan fingerprint density at radius 3 is 3.12 bits per heavy atom. The first kappa shape index (κ1) is 17.1. The summed E-state index contributed by atoms with van der Waals surface area (Å²) in [5.74, 6) is 0.893. The topological polar surface area (TPSA) is 86.8 Å². The number of imidazole rings is 1. The number of carbonyl (C=O) groups is 1. The molecule has 4 rings (SSSR count). The van der Waals surface area contributed by atoms with Gasteiger partial charge in [0.05, 0.1) is 23.6 Å². The minimum atomic E-state index is -0.0489. The maximum absolute atomic E-state index is 12.4. The lowest BCUT2D eigenvalue weighted by Crippen LogP contribution is -2.33. The molecule has 3 aromatic rings. The summed E-state index contributed by atoms with van der Waals surface area (Å²) >= 11 is 1.45. The summed E-state index contributed by atoms with van der Waals surface area (Å²) in [4.78, 5) is 22.7. The Bertz CT molecular complexity index is 871. The van der Waals surface area contributed by atoms with Gasteiger partial charge in [0, 0.05) is 6.42 Å².